The minimum Gasteiger partial charge on any atom is -0.394 e. The molecule has 3 aromatic rings. The van der Waals surface area contributed by atoms with Gasteiger partial charge in [-0.3, -0.25) is 4.79 Å². The maximum absolute atomic E-state index is 10.0. The fourth-order valence-corrected chi connectivity index (χ4v) is 2.62. The minimum absolute atomic E-state index is 0.103. The lowest BCUT2D eigenvalue weighted by atomic mass is 9.99. The highest BCUT2D eigenvalue weighted by Crippen LogP contribution is 2.27. The van der Waals surface area contributed by atoms with Crippen LogP contribution < -0.4 is 0 Å². The van der Waals surface area contributed by atoms with E-state index < -0.39 is 18.3 Å². The fourth-order valence-electron chi connectivity index (χ4n) is 2.62. The molecule has 0 amide bonds. The first kappa shape index (κ1) is 26.2. The summed E-state index contributed by atoms with van der Waals surface area (Å²) in [6.07, 6.45) is 0.204. The number of aliphatic hydroxyl groups is 4. The summed E-state index contributed by atoms with van der Waals surface area (Å²) in [5.41, 5.74) is 2.17. The fraction of sp³-hybridized carbons (Fsp3) is 0.269. The van der Waals surface area contributed by atoms with Crippen LogP contribution in [0.1, 0.15) is 53.5 Å². The molecule has 0 aliphatic carbocycles. The van der Waals surface area contributed by atoms with Gasteiger partial charge in [-0.15, -0.1) is 0 Å². The predicted molar refractivity (Wildman–Crippen MR) is 123 cm³/mol. The molecular formula is C26H32O5. The van der Waals surface area contributed by atoms with E-state index in [0.717, 1.165) is 29.4 Å². The van der Waals surface area contributed by atoms with Crippen molar-refractivity contribution < 1.29 is 25.2 Å². The van der Waals surface area contributed by atoms with Crippen molar-refractivity contribution in [2.24, 2.45) is 0 Å². The van der Waals surface area contributed by atoms with E-state index in [9.17, 15) is 15.0 Å². The molecule has 5 nitrogen and oxygen atoms in total. The van der Waals surface area contributed by atoms with Gasteiger partial charge in [0.2, 0.25) is 0 Å². The lowest BCUT2D eigenvalue weighted by Crippen LogP contribution is -2.10. The molecule has 0 saturated carbocycles. The second kappa shape index (κ2) is 15.9. The first-order valence-corrected chi connectivity index (χ1v) is 10.3. The molecule has 3 aromatic carbocycles. The monoisotopic (exact) mass is 424 g/mol. The van der Waals surface area contributed by atoms with Crippen LogP contribution in [-0.2, 0) is 0 Å². The van der Waals surface area contributed by atoms with Gasteiger partial charge in [-0.05, 0) is 17.5 Å². The molecule has 0 bridgehead atoms. The Bertz CT molecular complexity index is 765. The van der Waals surface area contributed by atoms with Gasteiger partial charge < -0.3 is 20.4 Å². The Balaban J connectivity index is 0.000000268. The topological polar surface area (TPSA) is 98.0 Å². The molecule has 3 unspecified atom stereocenters. The third-order valence-corrected chi connectivity index (χ3v) is 4.35. The molecule has 0 aromatic heterocycles. The van der Waals surface area contributed by atoms with Crippen molar-refractivity contribution in [2.75, 3.05) is 6.61 Å². The average molecular weight is 425 g/mol. The maximum atomic E-state index is 10.0. The zero-order valence-corrected chi connectivity index (χ0v) is 17.8. The Hall–Kier alpha value is -2.83. The van der Waals surface area contributed by atoms with Crippen LogP contribution >= 0.6 is 0 Å². The van der Waals surface area contributed by atoms with Gasteiger partial charge in [0, 0.05) is 5.56 Å². The van der Waals surface area contributed by atoms with Crippen molar-refractivity contribution in [3.8, 4) is 0 Å². The van der Waals surface area contributed by atoms with Gasteiger partial charge in [0.1, 0.15) is 18.5 Å². The SMILES string of the molecule is CCCC(O)CO.O=Cc1ccccc1.OC(c1ccccc1)C(O)c1ccccc1. The third-order valence-electron chi connectivity index (χ3n) is 4.35. The maximum Gasteiger partial charge on any atom is 0.150 e. The Morgan fingerprint density at radius 2 is 1.10 bits per heavy atom. The van der Waals surface area contributed by atoms with Crippen LogP contribution in [0.15, 0.2) is 91.0 Å². The summed E-state index contributed by atoms with van der Waals surface area (Å²) in [6, 6.07) is 27.4. The van der Waals surface area contributed by atoms with E-state index in [1.165, 1.54) is 0 Å². The highest BCUT2D eigenvalue weighted by Gasteiger charge is 2.19. The van der Waals surface area contributed by atoms with Crippen LogP contribution in [0.4, 0.5) is 0 Å². The van der Waals surface area contributed by atoms with Gasteiger partial charge in [0.25, 0.3) is 0 Å². The van der Waals surface area contributed by atoms with Crippen molar-refractivity contribution in [3.63, 3.8) is 0 Å². The molecule has 0 heterocycles. The van der Waals surface area contributed by atoms with Crippen molar-refractivity contribution in [2.45, 2.75) is 38.1 Å². The Labute approximate surface area is 184 Å². The molecule has 0 aliphatic heterocycles. The summed E-state index contributed by atoms with van der Waals surface area (Å²) < 4.78 is 0. The van der Waals surface area contributed by atoms with Crippen molar-refractivity contribution in [1.29, 1.82) is 0 Å². The van der Waals surface area contributed by atoms with Crippen molar-refractivity contribution in [1.82, 2.24) is 0 Å². The molecular weight excluding hydrogens is 392 g/mol. The summed E-state index contributed by atoms with van der Waals surface area (Å²) in [7, 11) is 0. The van der Waals surface area contributed by atoms with Gasteiger partial charge in [-0.2, -0.15) is 0 Å². The smallest absolute Gasteiger partial charge is 0.150 e. The zero-order valence-electron chi connectivity index (χ0n) is 17.8. The molecule has 31 heavy (non-hydrogen) atoms. The summed E-state index contributed by atoms with van der Waals surface area (Å²) in [5, 5.41) is 36.8. The number of hydrogen-bond acceptors (Lipinski definition) is 5. The molecule has 3 rings (SSSR count). The van der Waals surface area contributed by atoms with E-state index in [2.05, 4.69) is 0 Å². The number of aldehydes is 1. The highest BCUT2D eigenvalue weighted by molar-refractivity contribution is 5.74. The van der Waals surface area contributed by atoms with E-state index in [4.69, 9.17) is 10.2 Å². The highest BCUT2D eigenvalue weighted by atomic mass is 16.3. The number of carbonyl (C=O) groups excluding carboxylic acids is 1. The zero-order chi connectivity index (χ0) is 22.9. The average Bonchev–Trinajstić information content (AvgIpc) is 2.85. The largest absolute Gasteiger partial charge is 0.394 e. The molecule has 0 spiro atoms. The normalized spacial score (nSPS) is 12.8. The van der Waals surface area contributed by atoms with Gasteiger partial charge in [-0.1, -0.05) is 104 Å². The summed E-state index contributed by atoms with van der Waals surface area (Å²) >= 11 is 0. The van der Waals surface area contributed by atoms with E-state index in [1.807, 2.05) is 61.5 Å². The summed E-state index contributed by atoms with van der Waals surface area (Å²) in [4.78, 5) is 10.0. The van der Waals surface area contributed by atoms with E-state index in [0.29, 0.717) is 6.42 Å². The van der Waals surface area contributed by atoms with Crippen LogP contribution in [0, 0.1) is 0 Å². The van der Waals surface area contributed by atoms with Crippen LogP contribution in [0.3, 0.4) is 0 Å². The molecule has 0 fully saturated rings. The number of rotatable bonds is 7. The lowest BCUT2D eigenvalue weighted by molar-refractivity contribution is 0.0172. The molecule has 0 aliphatic rings. The van der Waals surface area contributed by atoms with Gasteiger partial charge in [0.15, 0.2) is 0 Å². The van der Waals surface area contributed by atoms with Gasteiger partial charge in [0.05, 0.1) is 12.7 Å². The number of hydrogen-bond donors (Lipinski definition) is 4. The van der Waals surface area contributed by atoms with Crippen LogP contribution in [0.5, 0.6) is 0 Å². The molecule has 0 radical (unpaired) electrons. The molecule has 3 atom stereocenters. The van der Waals surface area contributed by atoms with Crippen molar-refractivity contribution >= 4 is 6.29 Å². The van der Waals surface area contributed by atoms with Crippen molar-refractivity contribution in [3.05, 3.63) is 108 Å². The second-order valence-electron chi connectivity index (χ2n) is 6.86. The summed E-state index contributed by atoms with van der Waals surface area (Å²) in [5.74, 6) is 0. The minimum atomic E-state index is -0.886. The standard InChI is InChI=1S/C14H14O2.C7H6O.C5H12O2/c15-13(11-7-3-1-4-8-11)14(16)12-9-5-2-6-10-12;8-6-7-4-2-1-3-5-7;1-2-3-5(7)4-6/h1-10,13-16H;1-6H;5-7H,2-4H2,1H3. The van der Waals surface area contributed by atoms with Crippen LogP contribution in [0.25, 0.3) is 0 Å². The molecule has 166 valence electrons. The second-order valence-corrected chi connectivity index (χ2v) is 6.86. The van der Waals surface area contributed by atoms with E-state index in [-0.39, 0.29) is 6.61 Å². The Morgan fingerprint density at radius 1 is 0.710 bits per heavy atom. The first-order chi connectivity index (χ1) is 15.0. The third kappa shape index (κ3) is 10.7. The first-order valence-electron chi connectivity index (χ1n) is 10.3. The molecule has 5 heteroatoms. The quantitative estimate of drug-likeness (QED) is 0.428. The number of aliphatic hydroxyl groups excluding tert-OH is 4. The predicted octanol–water partition coefficient (Wildman–Crippen LogP) is 4.09. The Morgan fingerprint density at radius 3 is 1.35 bits per heavy atom. The van der Waals surface area contributed by atoms with Gasteiger partial charge in [-0.25, -0.2) is 0 Å². The van der Waals surface area contributed by atoms with E-state index >= 15 is 0 Å². The number of benzene rings is 3. The van der Waals surface area contributed by atoms with Crippen LogP contribution in [0.2, 0.25) is 0 Å². The lowest BCUT2D eigenvalue weighted by Gasteiger charge is -2.18. The summed E-state index contributed by atoms with van der Waals surface area (Å²) in [6.45, 7) is 1.87. The molecule has 4 N–H and O–H groups in total. The van der Waals surface area contributed by atoms with Crippen LogP contribution in [-0.4, -0.2) is 39.4 Å². The Kier molecular flexibility index (Phi) is 13.5. The number of carbonyl (C=O) groups is 1. The molecule has 0 saturated heterocycles. The van der Waals surface area contributed by atoms with E-state index in [1.54, 1.807) is 36.4 Å². The van der Waals surface area contributed by atoms with Gasteiger partial charge >= 0.3 is 0 Å².